The van der Waals surface area contributed by atoms with E-state index in [0.29, 0.717) is 11.1 Å². The Morgan fingerprint density at radius 3 is 2.56 bits per heavy atom. The summed E-state index contributed by atoms with van der Waals surface area (Å²) in [6.07, 6.45) is 9.11. The van der Waals surface area contributed by atoms with Crippen molar-refractivity contribution in [1.82, 2.24) is 9.97 Å². The quantitative estimate of drug-likeness (QED) is 0.863. The molecule has 0 saturated heterocycles. The lowest BCUT2D eigenvalue weighted by molar-refractivity contribution is 0.0994. The molecule has 0 bridgehead atoms. The topological polar surface area (TPSA) is 68.9 Å². The average Bonchev–Trinajstić information content (AvgIpc) is 3.00. The number of carbonyl (C=O) groups is 1. The van der Waals surface area contributed by atoms with E-state index in [0.717, 1.165) is 29.3 Å². The van der Waals surface area contributed by atoms with Gasteiger partial charge >= 0.3 is 0 Å². The third-order valence-corrected chi connectivity index (χ3v) is 6.94. The SMILES string of the molecule is CCC1CCC2(CCc3cc(-c4nc(C(N)=O)c(C)nc4C)ccc32)CC1. The maximum absolute atomic E-state index is 11.7. The summed E-state index contributed by atoms with van der Waals surface area (Å²) in [5, 5.41) is 0. The third-order valence-electron chi connectivity index (χ3n) is 6.94. The normalized spacial score (nSPS) is 24.2. The van der Waals surface area contributed by atoms with Crippen molar-refractivity contribution in [1.29, 1.82) is 0 Å². The van der Waals surface area contributed by atoms with Crippen molar-refractivity contribution < 1.29 is 4.79 Å². The number of fused-ring (bicyclic) bond motifs is 2. The first-order valence-corrected chi connectivity index (χ1v) is 10.2. The van der Waals surface area contributed by atoms with Crippen LogP contribution in [0.3, 0.4) is 0 Å². The van der Waals surface area contributed by atoms with Gasteiger partial charge < -0.3 is 5.73 Å². The van der Waals surface area contributed by atoms with E-state index < -0.39 is 5.91 Å². The van der Waals surface area contributed by atoms with E-state index in [1.54, 1.807) is 12.5 Å². The van der Waals surface area contributed by atoms with Crippen molar-refractivity contribution in [3.63, 3.8) is 0 Å². The van der Waals surface area contributed by atoms with Crippen LogP contribution in [-0.4, -0.2) is 15.9 Å². The number of benzene rings is 1. The van der Waals surface area contributed by atoms with Gasteiger partial charge in [0.1, 0.15) is 5.69 Å². The van der Waals surface area contributed by atoms with Crippen LogP contribution in [0.25, 0.3) is 11.3 Å². The third kappa shape index (κ3) is 3.05. The zero-order valence-electron chi connectivity index (χ0n) is 16.6. The van der Waals surface area contributed by atoms with Gasteiger partial charge in [0.05, 0.1) is 17.1 Å². The summed E-state index contributed by atoms with van der Waals surface area (Å²) in [7, 11) is 0. The highest BCUT2D eigenvalue weighted by Gasteiger charge is 2.41. The molecule has 2 aliphatic carbocycles. The minimum absolute atomic E-state index is 0.269. The number of aromatic nitrogens is 2. The fourth-order valence-corrected chi connectivity index (χ4v) is 5.27. The zero-order chi connectivity index (χ0) is 19.2. The van der Waals surface area contributed by atoms with Crippen LogP contribution >= 0.6 is 0 Å². The van der Waals surface area contributed by atoms with Crippen molar-refractivity contribution in [2.75, 3.05) is 0 Å². The highest BCUT2D eigenvalue weighted by Crippen LogP contribution is 2.50. The zero-order valence-corrected chi connectivity index (χ0v) is 16.6. The summed E-state index contributed by atoms with van der Waals surface area (Å²) in [6.45, 7) is 6.05. The summed E-state index contributed by atoms with van der Waals surface area (Å²) in [4.78, 5) is 20.7. The molecule has 0 unspecified atom stereocenters. The average molecular weight is 364 g/mol. The van der Waals surface area contributed by atoms with E-state index >= 15 is 0 Å². The number of carbonyl (C=O) groups excluding carboxylic acids is 1. The Hall–Kier alpha value is -2.23. The molecule has 1 amide bonds. The number of nitrogens with two attached hydrogens (primary N) is 1. The minimum Gasteiger partial charge on any atom is -0.364 e. The first kappa shape index (κ1) is 18.1. The molecule has 0 aliphatic heterocycles. The Labute approximate surface area is 161 Å². The molecule has 4 heteroatoms. The van der Waals surface area contributed by atoms with Crippen LogP contribution in [-0.2, 0) is 11.8 Å². The molecule has 1 spiro atoms. The number of rotatable bonds is 3. The van der Waals surface area contributed by atoms with Gasteiger partial charge in [0, 0.05) is 5.56 Å². The highest BCUT2D eigenvalue weighted by atomic mass is 16.1. The van der Waals surface area contributed by atoms with Crippen LogP contribution in [0.5, 0.6) is 0 Å². The van der Waals surface area contributed by atoms with Gasteiger partial charge in [-0.1, -0.05) is 25.5 Å². The van der Waals surface area contributed by atoms with Crippen molar-refractivity contribution in [3.05, 3.63) is 46.4 Å². The number of hydrogen-bond acceptors (Lipinski definition) is 3. The van der Waals surface area contributed by atoms with Gasteiger partial charge in [0.15, 0.2) is 0 Å². The van der Waals surface area contributed by atoms with Gasteiger partial charge in [-0.15, -0.1) is 0 Å². The molecule has 0 atom stereocenters. The Balaban J connectivity index is 1.70. The lowest BCUT2D eigenvalue weighted by Crippen LogP contribution is -2.29. The van der Waals surface area contributed by atoms with Gasteiger partial charge in [0.2, 0.25) is 0 Å². The molecule has 2 aromatic rings. The fraction of sp³-hybridized carbons (Fsp3) is 0.522. The molecule has 1 fully saturated rings. The maximum atomic E-state index is 11.7. The van der Waals surface area contributed by atoms with Crippen LogP contribution in [0.1, 0.15) is 78.5 Å². The van der Waals surface area contributed by atoms with E-state index in [1.165, 1.54) is 44.1 Å². The Morgan fingerprint density at radius 1 is 1.15 bits per heavy atom. The van der Waals surface area contributed by atoms with Crippen LogP contribution in [0, 0.1) is 19.8 Å². The van der Waals surface area contributed by atoms with Crippen LogP contribution in [0.2, 0.25) is 0 Å². The van der Waals surface area contributed by atoms with Crippen molar-refractivity contribution in [2.45, 2.75) is 71.1 Å². The highest BCUT2D eigenvalue weighted by molar-refractivity contribution is 5.92. The molecule has 0 radical (unpaired) electrons. The van der Waals surface area contributed by atoms with Gasteiger partial charge in [-0.05, 0) is 80.9 Å². The van der Waals surface area contributed by atoms with E-state index in [4.69, 9.17) is 5.73 Å². The molecule has 1 saturated carbocycles. The smallest absolute Gasteiger partial charge is 0.269 e. The summed E-state index contributed by atoms with van der Waals surface area (Å²) < 4.78 is 0. The van der Waals surface area contributed by atoms with Gasteiger partial charge in [-0.2, -0.15) is 0 Å². The molecule has 4 nitrogen and oxygen atoms in total. The van der Waals surface area contributed by atoms with Crippen LogP contribution in [0.15, 0.2) is 18.2 Å². The fourth-order valence-electron chi connectivity index (χ4n) is 5.27. The number of nitrogens with zero attached hydrogens (tertiary/aromatic N) is 2. The molecule has 1 heterocycles. The monoisotopic (exact) mass is 363 g/mol. The molecule has 4 rings (SSSR count). The molecule has 142 valence electrons. The summed E-state index contributed by atoms with van der Waals surface area (Å²) in [6, 6.07) is 6.75. The van der Waals surface area contributed by atoms with Crippen molar-refractivity contribution in [3.8, 4) is 11.3 Å². The predicted octanol–water partition coefficient (Wildman–Crippen LogP) is 4.64. The Morgan fingerprint density at radius 2 is 1.89 bits per heavy atom. The van der Waals surface area contributed by atoms with Gasteiger partial charge in [0.25, 0.3) is 5.91 Å². The van der Waals surface area contributed by atoms with E-state index in [1.807, 2.05) is 6.92 Å². The van der Waals surface area contributed by atoms with Crippen molar-refractivity contribution in [2.24, 2.45) is 11.7 Å². The molecule has 2 aliphatic rings. The maximum Gasteiger partial charge on any atom is 0.269 e. The number of hydrogen-bond donors (Lipinski definition) is 1. The predicted molar refractivity (Wildman–Crippen MR) is 108 cm³/mol. The molecule has 2 N–H and O–H groups in total. The minimum atomic E-state index is -0.519. The van der Waals surface area contributed by atoms with E-state index in [9.17, 15) is 4.79 Å². The Bertz CT molecular complexity index is 895. The number of amides is 1. The van der Waals surface area contributed by atoms with Crippen molar-refractivity contribution >= 4 is 5.91 Å². The standard InChI is InChI=1S/C23H29N3O/c1-4-16-7-10-23(11-8-16)12-9-17-13-18(5-6-19(17)23)20-14(2)25-15(3)21(26-20)22(24)27/h5-6,13,16H,4,7-12H2,1-3H3,(H2,24,27). The first-order chi connectivity index (χ1) is 12.9. The second kappa shape index (κ2) is 6.74. The lowest BCUT2D eigenvalue weighted by Gasteiger charge is -2.38. The van der Waals surface area contributed by atoms with Crippen LogP contribution < -0.4 is 5.73 Å². The lowest BCUT2D eigenvalue weighted by atomic mass is 9.67. The summed E-state index contributed by atoms with van der Waals surface area (Å²) in [5.41, 5.74) is 12.4. The molecule has 27 heavy (non-hydrogen) atoms. The van der Waals surface area contributed by atoms with Gasteiger partial charge in [-0.25, -0.2) is 4.98 Å². The van der Waals surface area contributed by atoms with Crippen LogP contribution in [0.4, 0.5) is 0 Å². The molecule has 1 aromatic carbocycles. The van der Waals surface area contributed by atoms with E-state index in [-0.39, 0.29) is 5.69 Å². The summed E-state index contributed by atoms with van der Waals surface area (Å²) >= 11 is 0. The molecule has 1 aromatic heterocycles. The molecular weight excluding hydrogens is 334 g/mol. The second-order valence-corrected chi connectivity index (χ2v) is 8.46. The Kier molecular flexibility index (Phi) is 4.53. The number of primary amides is 1. The largest absolute Gasteiger partial charge is 0.364 e. The first-order valence-electron chi connectivity index (χ1n) is 10.2. The van der Waals surface area contributed by atoms with Gasteiger partial charge in [-0.3, -0.25) is 9.78 Å². The second-order valence-electron chi connectivity index (χ2n) is 8.46. The summed E-state index contributed by atoms with van der Waals surface area (Å²) in [5.74, 6) is 0.394. The van der Waals surface area contributed by atoms with E-state index in [2.05, 4.69) is 35.1 Å². The molecular formula is C23H29N3O. The number of aryl methyl sites for hydroxylation is 3.